The van der Waals surface area contributed by atoms with E-state index in [2.05, 4.69) is 28.9 Å². The molecule has 4 aliphatic rings. The largest absolute Gasteiger partial charge is 0.481 e. The molecule has 1 aromatic heterocycles. The Kier molecular flexibility index (Phi) is 8.53. The summed E-state index contributed by atoms with van der Waals surface area (Å²) in [7, 11) is -2.29. The second kappa shape index (κ2) is 12.3. The zero-order valence-electron chi connectivity index (χ0n) is 26.0. The Bertz CT molecular complexity index is 1620. The quantitative estimate of drug-likeness (QED) is 0.458. The van der Waals surface area contributed by atoms with Crippen molar-refractivity contribution in [1.82, 2.24) is 19.9 Å². The maximum Gasteiger partial charge on any atom is 0.259 e. The molecule has 6 rings (SSSR count). The summed E-state index contributed by atoms with van der Waals surface area (Å²) in [5.41, 5.74) is -1.40. The van der Waals surface area contributed by atoms with Crippen LogP contribution in [-0.4, -0.2) is 72.6 Å². The molecule has 1 saturated heterocycles. The number of allylic oxidation sites excluding steroid dienone is 1. The zero-order chi connectivity index (χ0) is 31.9. The molecule has 6 atom stereocenters. The first-order valence-corrected chi connectivity index (χ1v) is 17.5. The van der Waals surface area contributed by atoms with Gasteiger partial charge in [0.15, 0.2) is 0 Å². The summed E-state index contributed by atoms with van der Waals surface area (Å²) in [6.07, 6.45) is 7.77. The Morgan fingerprint density at radius 2 is 1.89 bits per heavy atom. The van der Waals surface area contributed by atoms with Crippen molar-refractivity contribution in [1.29, 1.82) is 0 Å². The van der Waals surface area contributed by atoms with E-state index in [1.54, 1.807) is 4.90 Å². The average Bonchev–Trinajstić information content (AvgIpc) is 3.92. The first kappa shape index (κ1) is 31.3. The molecule has 11 nitrogen and oxygen atoms in total. The van der Waals surface area contributed by atoms with Crippen LogP contribution in [0.1, 0.15) is 65.2 Å². The number of ether oxygens (including phenoxy) is 2. The maximum atomic E-state index is 14.0. The highest BCUT2D eigenvalue weighted by Gasteiger charge is 2.62. The van der Waals surface area contributed by atoms with Gasteiger partial charge in [0.1, 0.15) is 17.7 Å². The zero-order valence-corrected chi connectivity index (χ0v) is 26.8. The number of amides is 3. The number of carbonyl (C=O) groups excluding carboxylic acids is 3. The Labute approximate surface area is 264 Å². The molecule has 242 valence electrons. The Morgan fingerprint density at radius 1 is 1.11 bits per heavy atom. The normalized spacial score (nSPS) is 31.5. The van der Waals surface area contributed by atoms with Crippen molar-refractivity contribution in [3.05, 3.63) is 42.5 Å². The molecule has 2 saturated carbocycles. The van der Waals surface area contributed by atoms with Gasteiger partial charge in [0.25, 0.3) is 5.91 Å². The molecule has 1 aromatic carbocycles. The lowest BCUT2D eigenvalue weighted by molar-refractivity contribution is -0.140. The molecular formula is C33H42N4O7S. The highest BCUT2D eigenvalue weighted by atomic mass is 32.2. The van der Waals surface area contributed by atoms with Gasteiger partial charge in [-0.3, -0.25) is 19.1 Å². The van der Waals surface area contributed by atoms with Crippen LogP contribution in [0.3, 0.4) is 0 Å². The molecule has 2 aromatic rings. The first-order valence-electron chi connectivity index (χ1n) is 15.9. The lowest BCUT2D eigenvalue weighted by Crippen LogP contribution is -2.56. The van der Waals surface area contributed by atoms with Gasteiger partial charge in [-0.1, -0.05) is 44.2 Å². The van der Waals surface area contributed by atoms with Gasteiger partial charge in [-0.15, -0.1) is 0 Å². The molecule has 0 unspecified atom stereocenters. The number of aromatic nitrogens is 1. The van der Waals surface area contributed by atoms with Crippen LogP contribution in [-0.2, 0) is 24.4 Å². The summed E-state index contributed by atoms with van der Waals surface area (Å²) in [6.45, 7) is 4.40. The monoisotopic (exact) mass is 638 g/mol. The van der Waals surface area contributed by atoms with Crippen LogP contribution in [0.2, 0.25) is 0 Å². The fourth-order valence-electron chi connectivity index (χ4n) is 6.81. The van der Waals surface area contributed by atoms with E-state index in [1.807, 2.05) is 42.5 Å². The van der Waals surface area contributed by atoms with E-state index in [0.29, 0.717) is 30.5 Å². The lowest BCUT2D eigenvalue weighted by atomic mass is 9.91. The highest BCUT2D eigenvalue weighted by Crippen LogP contribution is 2.46. The van der Waals surface area contributed by atoms with Crippen molar-refractivity contribution in [2.45, 2.75) is 88.1 Å². The fourth-order valence-corrected chi connectivity index (χ4v) is 8.18. The first-order chi connectivity index (χ1) is 21.5. The van der Waals surface area contributed by atoms with Crippen LogP contribution in [0.25, 0.3) is 10.8 Å². The van der Waals surface area contributed by atoms with E-state index in [9.17, 15) is 22.8 Å². The van der Waals surface area contributed by atoms with Gasteiger partial charge in [0.05, 0.1) is 18.9 Å². The minimum atomic E-state index is -3.81. The van der Waals surface area contributed by atoms with Crippen molar-refractivity contribution in [2.75, 3.05) is 13.7 Å². The third kappa shape index (κ3) is 6.66. The topological polar surface area (TPSA) is 144 Å². The van der Waals surface area contributed by atoms with Gasteiger partial charge in [0, 0.05) is 30.2 Å². The molecule has 3 amide bonds. The van der Waals surface area contributed by atoms with Crippen LogP contribution < -0.4 is 19.5 Å². The number of methoxy groups -OCH3 is 1. The standard InChI is InChI=1S/C33H42N4O7S/c1-20-8-4-6-10-23-18-33(23,32(40)36-45(41,42)25-12-13-25)35-30(39)27-17-24(19-37(27)29(38)15-21(2)14-20)44-31-26-11-7-5-9-22(26)16-28(34-31)43-3/h5-7,9-11,16,20-21,23-25,27H,4,8,12-15,17-19H2,1-3H3,(H,35,39)(H,36,40)/b10-6-/t20-,21+,23+,24+,27-,33+/m0/s1. The fraction of sp³-hybridized carbons (Fsp3) is 0.576. The van der Waals surface area contributed by atoms with Gasteiger partial charge >= 0.3 is 0 Å². The Morgan fingerprint density at radius 3 is 2.64 bits per heavy atom. The lowest BCUT2D eigenvalue weighted by Gasteiger charge is -2.27. The van der Waals surface area contributed by atoms with Crippen molar-refractivity contribution in [2.24, 2.45) is 17.8 Å². The summed E-state index contributed by atoms with van der Waals surface area (Å²) in [6, 6.07) is 8.53. The molecule has 0 bridgehead atoms. The van der Waals surface area contributed by atoms with Gasteiger partial charge in [-0.25, -0.2) is 8.42 Å². The second-order valence-corrected chi connectivity index (χ2v) is 15.3. The maximum absolute atomic E-state index is 14.0. The van der Waals surface area contributed by atoms with Gasteiger partial charge < -0.3 is 19.7 Å². The number of nitrogens with zero attached hydrogens (tertiary/aromatic N) is 2. The Hall–Kier alpha value is -3.67. The van der Waals surface area contributed by atoms with Crippen LogP contribution in [0.4, 0.5) is 0 Å². The number of benzene rings is 1. The van der Waals surface area contributed by atoms with Crippen molar-refractivity contribution < 1.29 is 32.3 Å². The van der Waals surface area contributed by atoms with Gasteiger partial charge in [-0.05, 0) is 61.8 Å². The third-order valence-electron chi connectivity index (χ3n) is 9.54. The van der Waals surface area contributed by atoms with Crippen molar-refractivity contribution in [3.8, 4) is 11.8 Å². The van der Waals surface area contributed by atoms with Gasteiger partial charge in [0.2, 0.25) is 33.6 Å². The number of hydrogen-bond donors (Lipinski definition) is 2. The molecular weight excluding hydrogens is 596 g/mol. The molecule has 0 spiro atoms. The molecule has 45 heavy (non-hydrogen) atoms. The molecule has 0 radical (unpaired) electrons. The number of hydrogen-bond acceptors (Lipinski definition) is 8. The van der Waals surface area contributed by atoms with Crippen molar-refractivity contribution in [3.63, 3.8) is 0 Å². The van der Waals surface area contributed by atoms with Crippen LogP contribution >= 0.6 is 0 Å². The summed E-state index contributed by atoms with van der Waals surface area (Å²) < 4.78 is 39.4. The third-order valence-corrected chi connectivity index (χ3v) is 11.4. The molecule has 3 heterocycles. The second-order valence-electron chi connectivity index (χ2n) is 13.3. The highest BCUT2D eigenvalue weighted by molar-refractivity contribution is 7.91. The number of nitrogens with one attached hydrogen (secondary N) is 2. The molecule has 2 aliphatic carbocycles. The number of pyridine rings is 1. The molecule has 12 heteroatoms. The molecule has 2 aliphatic heterocycles. The number of fused-ring (bicyclic) bond motifs is 3. The predicted octanol–water partition coefficient (Wildman–Crippen LogP) is 3.48. The van der Waals surface area contributed by atoms with E-state index in [-0.39, 0.29) is 43.6 Å². The van der Waals surface area contributed by atoms with E-state index in [1.165, 1.54) is 7.11 Å². The minimum absolute atomic E-state index is 0.118. The van der Waals surface area contributed by atoms with E-state index in [0.717, 1.165) is 30.0 Å². The summed E-state index contributed by atoms with van der Waals surface area (Å²) >= 11 is 0. The molecule has 3 fully saturated rings. The summed E-state index contributed by atoms with van der Waals surface area (Å²) in [5.74, 6) is -0.483. The Balaban J connectivity index is 1.29. The SMILES string of the molecule is COc1cc2ccccc2c(O[C@@H]2C[C@H]3C(=O)N[C@]4(C(=O)NS(=O)(=O)C5CC5)C[C@H]4/C=C\CC[C@H](C)C[C@@H](C)CC(=O)N3C2)n1. The molecule has 2 N–H and O–H groups in total. The minimum Gasteiger partial charge on any atom is -0.481 e. The summed E-state index contributed by atoms with van der Waals surface area (Å²) in [4.78, 5) is 47.4. The number of rotatable bonds is 6. The summed E-state index contributed by atoms with van der Waals surface area (Å²) in [5, 5.41) is 4.00. The van der Waals surface area contributed by atoms with E-state index >= 15 is 0 Å². The van der Waals surface area contributed by atoms with Crippen LogP contribution in [0.15, 0.2) is 42.5 Å². The van der Waals surface area contributed by atoms with Crippen LogP contribution in [0, 0.1) is 17.8 Å². The van der Waals surface area contributed by atoms with Crippen molar-refractivity contribution >= 4 is 38.5 Å². The van der Waals surface area contributed by atoms with Gasteiger partial charge in [-0.2, -0.15) is 4.98 Å². The smallest absolute Gasteiger partial charge is 0.259 e. The van der Waals surface area contributed by atoms with E-state index < -0.39 is 44.8 Å². The van der Waals surface area contributed by atoms with E-state index in [4.69, 9.17) is 9.47 Å². The number of carbonyl (C=O) groups is 3. The number of sulfonamides is 1. The average molecular weight is 639 g/mol. The predicted molar refractivity (Wildman–Crippen MR) is 168 cm³/mol. The van der Waals surface area contributed by atoms with Crippen LogP contribution in [0.5, 0.6) is 11.8 Å².